The Bertz CT molecular complexity index is 1320. The van der Waals surface area contributed by atoms with Crippen molar-refractivity contribution in [3.05, 3.63) is 76.6 Å². The van der Waals surface area contributed by atoms with Crippen molar-refractivity contribution in [3.63, 3.8) is 0 Å². The average molecular weight is 545 g/mol. The number of alkyl carbamates (subject to hydrolysis) is 1. The van der Waals surface area contributed by atoms with Gasteiger partial charge in [0.25, 0.3) is 0 Å². The van der Waals surface area contributed by atoms with Crippen molar-refractivity contribution >= 4 is 23.4 Å². The Hall–Kier alpha value is -3.87. The summed E-state index contributed by atoms with van der Waals surface area (Å²) >= 11 is 0. The van der Waals surface area contributed by atoms with E-state index in [1.54, 1.807) is 0 Å². The summed E-state index contributed by atoms with van der Waals surface area (Å²) in [5.41, 5.74) is 7.73. The number of aromatic nitrogens is 1. The molecule has 1 heterocycles. The standard InChI is InChI=1S/C33H44N4O3/c1-21(2)18-29-28(20-40-32(39)36-33(5,6)7)31(24-12-10-22(3)11-13-24)27(23(4)34-29)19-30(38)35-25-14-16-26(17-15-25)37(8)9/h10-17,21H,18-20H2,1-9H3,(H,35,38)(H,36,39). The highest BCUT2D eigenvalue weighted by Crippen LogP contribution is 2.34. The third-order valence-electron chi connectivity index (χ3n) is 6.46. The minimum absolute atomic E-state index is 0.0566. The molecule has 2 amide bonds. The lowest BCUT2D eigenvalue weighted by atomic mass is 9.88. The van der Waals surface area contributed by atoms with E-state index < -0.39 is 11.6 Å². The molecular formula is C33H44N4O3. The monoisotopic (exact) mass is 544 g/mol. The Balaban J connectivity index is 2.05. The topological polar surface area (TPSA) is 83.6 Å². The molecule has 0 aliphatic heterocycles. The van der Waals surface area contributed by atoms with Gasteiger partial charge in [-0.3, -0.25) is 9.78 Å². The molecule has 3 rings (SSSR count). The van der Waals surface area contributed by atoms with Crippen LogP contribution in [0, 0.1) is 19.8 Å². The Labute approximate surface area is 239 Å². The van der Waals surface area contributed by atoms with E-state index in [0.29, 0.717) is 5.92 Å². The van der Waals surface area contributed by atoms with Crippen molar-refractivity contribution in [2.24, 2.45) is 5.92 Å². The molecular weight excluding hydrogens is 500 g/mol. The highest BCUT2D eigenvalue weighted by Gasteiger charge is 2.24. The molecule has 0 atom stereocenters. The lowest BCUT2D eigenvalue weighted by molar-refractivity contribution is -0.115. The van der Waals surface area contributed by atoms with E-state index in [2.05, 4.69) is 48.7 Å². The fraction of sp³-hybridized carbons (Fsp3) is 0.424. The molecule has 7 nitrogen and oxygen atoms in total. The molecule has 7 heteroatoms. The molecule has 0 bridgehead atoms. The lowest BCUT2D eigenvalue weighted by Crippen LogP contribution is -2.40. The predicted molar refractivity (Wildman–Crippen MR) is 164 cm³/mol. The number of benzene rings is 2. The number of anilines is 2. The van der Waals surface area contributed by atoms with E-state index in [-0.39, 0.29) is 18.9 Å². The van der Waals surface area contributed by atoms with Gasteiger partial charge in [0, 0.05) is 48.0 Å². The molecule has 0 radical (unpaired) electrons. The van der Waals surface area contributed by atoms with E-state index in [1.165, 1.54) is 0 Å². The zero-order valence-electron chi connectivity index (χ0n) is 25.4. The van der Waals surface area contributed by atoms with Crippen molar-refractivity contribution in [3.8, 4) is 11.1 Å². The summed E-state index contributed by atoms with van der Waals surface area (Å²) < 4.78 is 5.74. The van der Waals surface area contributed by atoms with Gasteiger partial charge in [0.05, 0.1) is 6.42 Å². The minimum atomic E-state index is -0.487. The van der Waals surface area contributed by atoms with Gasteiger partial charge in [-0.2, -0.15) is 0 Å². The number of nitrogens with one attached hydrogen (secondary N) is 2. The van der Waals surface area contributed by atoms with Crippen molar-refractivity contribution in [1.29, 1.82) is 0 Å². The van der Waals surface area contributed by atoms with Crippen LogP contribution in [0.15, 0.2) is 48.5 Å². The van der Waals surface area contributed by atoms with Crippen LogP contribution in [-0.2, 0) is 29.0 Å². The number of pyridine rings is 1. The van der Waals surface area contributed by atoms with Crippen LogP contribution in [0.5, 0.6) is 0 Å². The van der Waals surface area contributed by atoms with Crippen LogP contribution in [0.3, 0.4) is 0 Å². The molecule has 0 spiro atoms. The zero-order chi connectivity index (χ0) is 29.6. The first kappa shape index (κ1) is 30.7. The molecule has 0 unspecified atom stereocenters. The lowest BCUT2D eigenvalue weighted by Gasteiger charge is -2.23. The average Bonchev–Trinajstić information content (AvgIpc) is 2.84. The fourth-order valence-electron chi connectivity index (χ4n) is 4.53. The van der Waals surface area contributed by atoms with Crippen LogP contribution in [0.1, 0.15) is 62.7 Å². The van der Waals surface area contributed by atoms with Crippen LogP contribution < -0.4 is 15.5 Å². The van der Waals surface area contributed by atoms with Gasteiger partial charge in [-0.05, 0) is 87.9 Å². The third-order valence-corrected chi connectivity index (χ3v) is 6.46. The number of ether oxygens (including phenoxy) is 1. The second-order valence-electron chi connectivity index (χ2n) is 12.1. The zero-order valence-corrected chi connectivity index (χ0v) is 25.4. The number of carbonyl (C=O) groups is 2. The number of aryl methyl sites for hydroxylation is 2. The number of carbonyl (C=O) groups excluding carboxylic acids is 2. The van der Waals surface area contributed by atoms with Gasteiger partial charge >= 0.3 is 6.09 Å². The maximum absolute atomic E-state index is 13.3. The Morgan fingerprint density at radius 2 is 1.57 bits per heavy atom. The minimum Gasteiger partial charge on any atom is -0.445 e. The summed E-state index contributed by atoms with van der Waals surface area (Å²) in [7, 11) is 3.96. The van der Waals surface area contributed by atoms with Crippen LogP contribution in [0.4, 0.5) is 16.2 Å². The van der Waals surface area contributed by atoms with Crippen LogP contribution in [-0.4, -0.2) is 36.6 Å². The Morgan fingerprint density at radius 1 is 0.950 bits per heavy atom. The summed E-state index contributed by atoms with van der Waals surface area (Å²) in [5.74, 6) is 0.212. The molecule has 40 heavy (non-hydrogen) atoms. The summed E-state index contributed by atoms with van der Waals surface area (Å²) in [6.45, 7) is 14.1. The smallest absolute Gasteiger partial charge is 0.407 e. The van der Waals surface area contributed by atoms with E-state index in [1.807, 2.05) is 77.9 Å². The maximum atomic E-state index is 13.3. The SMILES string of the molecule is Cc1ccc(-c2c(CC(=O)Nc3ccc(N(C)C)cc3)c(C)nc(CC(C)C)c2COC(=O)NC(C)(C)C)cc1. The molecule has 1 aromatic heterocycles. The third kappa shape index (κ3) is 8.57. The normalized spacial score (nSPS) is 11.3. The van der Waals surface area contributed by atoms with Gasteiger partial charge in [0.1, 0.15) is 6.61 Å². The van der Waals surface area contributed by atoms with Crippen molar-refractivity contribution < 1.29 is 14.3 Å². The van der Waals surface area contributed by atoms with Crippen molar-refractivity contribution in [2.75, 3.05) is 24.3 Å². The van der Waals surface area contributed by atoms with Gasteiger partial charge in [0.15, 0.2) is 0 Å². The molecule has 0 fully saturated rings. The van der Waals surface area contributed by atoms with Gasteiger partial charge in [-0.15, -0.1) is 0 Å². The number of nitrogens with zero attached hydrogens (tertiary/aromatic N) is 2. The summed E-state index contributed by atoms with van der Waals surface area (Å²) in [6, 6.07) is 16.0. The van der Waals surface area contributed by atoms with Gasteiger partial charge in [-0.1, -0.05) is 43.7 Å². The quantitative estimate of drug-likeness (QED) is 0.308. The molecule has 2 aromatic carbocycles. The van der Waals surface area contributed by atoms with E-state index in [4.69, 9.17) is 9.72 Å². The molecule has 0 saturated heterocycles. The predicted octanol–water partition coefficient (Wildman–Crippen LogP) is 6.84. The van der Waals surface area contributed by atoms with Crippen molar-refractivity contribution in [1.82, 2.24) is 10.3 Å². The highest BCUT2D eigenvalue weighted by molar-refractivity contribution is 5.94. The van der Waals surface area contributed by atoms with Crippen molar-refractivity contribution in [2.45, 2.75) is 73.5 Å². The maximum Gasteiger partial charge on any atom is 0.407 e. The van der Waals surface area contributed by atoms with Gasteiger partial charge < -0.3 is 20.3 Å². The summed E-state index contributed by atoms with van der Waals surface area (Å²) in [5, 5.41) is 5.90. The number of hydrogen-bond donors (Lipinski definition) is 2. The first-order chi connectivity index (χ1) is 18.7. The largest absolute Gasteiger partial charge is 0.445 e. The number of hydrogen-bond acceptors (Lipinski definition) is 5. The summed E-state index contributed by atoms with van der Waals surface area (Å²) in [4.78, 5) is 33.0. The van der Waals surface area contributed by atoms with Crippen LogP contribution in [0.25, 0.3) is 11.1 Å². The van der Waals surface area contributed by atoms with Crippen LogP contribution >= 0.6 is 0 Å². The summed E-state index contributed by atoms with van der Waals surface area (Å²) in [6.07, 6.45) is 0.379. The second kappa shape index (κ2) is 13.0. The number of rotatable bonds is 9. The molecule has 3 aromatic rings. The number of amides is 2. The van der Waals surface area contributed by atoms with E-state index in [0.717, 1.165) is 57.0 Å². The second-order valence-corrected chi connectivity index (χ2v) is 12.1. The van der Waals surface area contributed by atoms with E-state index >= 15 is 0 Å². The highest BCUT2D eigenvalue weighted by atomic mass is 16.5. The molecule has 0 saturated carbocycles. The van der Waals surface area contributed by atoms with Crippen LogP contribution in [0.2, 0.25) is 0 Å². The Morgan fingerprint density at radius 3 is 2.12 bits per heavy atom. The van der Waals surface area contributed by atoms with Gasteiger partial charge in [-0.25, -0.2) is 4.79 Å². The fourth-order valence-corrected chi connectivity index (χ4v) is 4.53. The first-order valence-electron chi connectivity index (χ1n) is 13.8. The first-order valence-corrected chi connectivity index (χ1v) is 13.8. The molecule has 0 aliphatic carbocycles. The molecule has 0 aliphatic rings. The molecule has 214 valence electrons. The van der Waals surface area contributed by atoms with E-state index in [9.17, 15) is 9.59 Å². The molecule has 2 N–H and O–H groups in total. The van der Waals surface area contributed by atoms with Gasteiger partial charge in [0.2, 0.25) is 5.91 Å². The Kier molecular flexibility index (Phi) is 9.96.